The number of hydrogen-bond donors (Lipinski definition) is 0. The summed E-state index contributed by atoms with van der Waals surface area (Å²) in [6.45, 7) is 1.85. The summed E-state index contributed by atoms with van der Waals surface area (Å²) < 4.78 is 0. The number of carbonyl (C=O) groups is 1. The van der Waals surface area contributed by atoms with Crippen LogP contribution in [0.15, 0.2) is 35.9 Å². The van der Waals surface area contributed by atoms with Gasteiger partial charge in [0.25, 0.3) is 0 Å². The van der Waals surface area contributed by atoms with Gasteiger partial charge in [0, 0.05) is 0 Å². The van der Waals surface area contributed by atoms with Gasteiger partial charge in [-0.2, -0.15) is 0 Å². The third kappa shape index (κ3) is 1.48. The van der Waals surface area contributed by atoms with Gasteiger partial charge in [-0.3, -0.25) is 4.79 Å². The molecule has 1 aromatic carbocycles. The molecule has 1 aromatic rings. The van der Waals surface area contributed by atoms with Gasteiger partial charge in [-0.05, 0) is 30.1 Å². The van der Waals surface area contributed by atoms with Crippen LogP contribution in [0.5, 0.6) is 0 Å². The quantitative estimate of drug-likeness (QED) is 0.646. The molecule has 0 spiro atoms. The molecule has 1 atom stereocenters. The fraction of sp³-hybridized carbons (Fsp3) is 0.250. The molecular formula is C12H11ClO. The van der Waals surface area contributed by atoms with E-state index < -0.39 is 0 Å². The summed E-state index contributed by atoms with van der Waals surface area (Å²) in [5.74, 6) is 0.0746. The third-order valence-electron chi connectivity index (χ3n) is 2.61. The van der Waals surface area contributed by atoms with Crippen LogP contribution in [-0.2, 0) is 4.79 Å². The maximum Gasteiger partial charge on any atom is 0.177 e. The van der Waals surface area contributed by atoms with Crippen LogP contribution in [-0.4, -0.2) is 11.2 Å². The maximum atomic E-state index is 11.5. The minimum Gasteiger partial charge on any atom is -0.293 e. The predicted octanol–water partition coefficient (Wildman–Crippen LogP) is 3.04. The molecule has 0 aromatic heterocycles. The normalized spacial score (nSPS) is 21.9. The molecule has 0 fully saturated rings. The van der Waals surface area contributed by atoms with Crippen molar-refractivity contribution >= 4 is 23.0 Å². The van der Waals surface area contributed by atoms with Crippen molar-refractivity contribution in [1.29, 1.82) is 0 Å². The minimum atomic E-state index is -0.356. The molecule has 14 heavy (non-hydrogen) atoms. The Hall–Kier alpha value is -1.08. The van der Waals surface area contributed by atoms with Crippen molar-refractivity contribution in [2.24, 2.45) is 0 Å². The second-order valence-electron chi connectivity index (χ2n) is 3.51. The predicted molar refractivity (Wildman–Crippen MR) is 58.3 cm³/mol. The number of halogens is 1. The van der Waals surface area contributed by atoms with E-state index in [0.717, 1.165) is 16.7 Å². The Morgan fingerprint density at radius 3 is 2.43 bits per heavy atom. The Bertz CT molecular complexity index is 392. The summed E-state index contributed by atoms with van der Waals surface area (Å²) in [4.78, 5) is 11.5. The van der Waals surface area contributed by atoms with E-state index in [2.05, 4.69) is 0 Å². The van der Waals surface area contributed by atoms with Crippen molar-refractivity contribution in [3.05, 3.63) is 41.5 Å². The summed E-state index contributed by atoms with van der Waals surface area (Å²) in [6, 6.07) is 9.94. The smallest absolute Gasteiger partial charge is 0.177 e. The van der Waals surface area contributed by atoms with Crippen molar-refractivity contribution in [3.8, 4) is 0 Å². The van der Waals surface area contributed by atoms with Crippen molar-refractivity contribution < 1.29 is 4.79 Å². The average molecular weight is 207 g/mol. The molecule has 2 heteroatoms. The first-order chi connectivity index (χ1) is 6.70. The van der Waals surface area contributed by atoms with Crippen molar-refractivity contribution in [2.75, 3.05) is 0 Å². The summed E-state index contributed by atoms with van der Waals surface area (Å²) in [6.07, 6.45) is 0.663. The van der Waals surface area contributed by atoms with Gasteiger partial charge in [0.2, 0.25) is 0 Å². The number of benzene rings is 1. The minimum absolute atomic E-state index is 0.0746. The molecule has 0 amide bonds. The van der Waals surface area contributed by atoms with E-state index in [0.29, 0.717) is 6.42 Å². The maximum absolute atomic E-state index is 11.5. The van der Waals surface area contributed by atoms with Gasteiger partial charge in [0.1, 0.15) is 5.38 Å². The Kier molecular flexibility index (Phi) is 2.42. The highest BCUT2D eigenvalue weighted by molar-refractivity contribution is 6.37. The zero-order chi connectivity index (χ0) is 10.1. The third-order valence-corrected chi connectivity index (χ3v) is 2.96. The van der Waals surface area contributed by atoms with Crippen LogP contribution in [0.25, 0.3) is 5.57 Å². The Morgan fingerprint density at radius 1 is 1.29 bits per heavy atom. The van der Waals surface area contributed by atoms with Gasteiger partial charge in [0.15, 0.2) is 5.78 Å². The lowest BCUT2D eigenvalue weighted by atomic mass is 10.0. The lowest BCUT2D eigenvalue weighted by molar-refractivity contribution is -0.114. The van der Waals surface area contributed by atoms with Crippen LogP contribution in [0.3, 0.4) is 0 Å². The van der Waals surface area contributed by atoms with E-state index in [9.17, 15) is 4.79 Å². The van der Waals surface area contributed by atoms with Crippen LogP contribution in [0.2, 0.25) is 0 Å². The number of ketones is 1. The molecule has 2 rings (SSSR count). The summed E-state index contributed by atoms with van der Waals surface area (Å²) in [5.41, 5.74) is 3.02. The first-order valence-electron chi connectivity index (χ1n) is 4.63. The fourth-order valence-corrected chi connectivity index (χ4v) is 2.10. The number of alkyl halides is 1. The molecule has 0 bridgehead atoms. The molecule has 1 unspecified atom stereocenters. The van der Waals surface area contributed by atoms with E-state index in [1.54, 1.807) is 0 Å². The van der Waals surface area contributed by atoms with E-state index >= 15 is 0 Å². The summed E-state index contributed by atoms with van der Waals surface area (Å²) in [5, 5.41) is -0.356. The monoisotopic (exact) mass is 206 g/mol. The zero-order valence-electron chi connectivity index (χ0n) is 7.96. The van der Waals surface area contributed by atoms with E-state index in [1.807, 2.05) is 37.3 Å². The molecule has 1 aliphatic carbocycles. The van der Waals surface area contributed by atoms with Gasteiger partial charge in [-0.25, -0.2) is 0 Å². The number of Topliss-reactive ketones (excluding diaryl/α,β-unsaturated/α-hetero) is 1. The Labute approximate surface area is 88.4 Å². The van der Waals surface area contributed by atoms with E-state index in [-0.39, 0.29) is 11.2 Å². The van der Waals surface area contributed by atoms with Crippen LogP contribution in [0.4, 0.5) is 0 Å². The van der Waals surface area contributed by atoms with Crippen molar-refractivity contribution in [3.63, 3.8) is 0 Å². The molecule has 0 N–H and O–H groups in total. The molecule has 72 valence electrons. The molecule has 1 nitrogen and oxygen atoms in total. The second kappa shape index (κ2) is 3.58. The SMILES string of the molecule is CC1=C(c2ccccc2)CC(Cl)C1=O. The van der Waals surface area contributed by atoms with Gasteiger partial charge in [-0.1, -0.05) is 30.3 Å². The highest BCUT2D eigenvalue weighted by Crippen LogP contribution is 2.33. The van der Waals surface area contributed by atoms with Gasteiger partial charge in [0.05, 0.1) is 0 Å². The number of allylic oxidation sites excluding steroid dienone is 2. The first kappa shape index (κ1) is 9.47. The number of hydrogen-bond acceptors (Lipinski definition) is 1. The van der Waals surface area contributed by atoms with Crippen molar-refractivity contribution in [2.45, 2.75) is 18.7 Å². The van der Waals surface area contributed by atoms with Crippen LogP contribution in [0, 0.1) is 0 Å². The largest absolute Gasteiger partial charge is 0.293 e. The first-order valence-corrected chi connectivity index (χ1v) is 5.07. The highest BCUT2D eigenvalue weighted by atomic mass is 35.5. The molecule has 0 saturated heterocycles. The molecule has 0 saturated carbocycles. The lowest BCUT2D eigenvalue weighted by Gasteiger charge is -2.02. The Balaban J connectivity index is 2.42. The zero-order valence-corrected chi connectivity index (χ0v) is 8.71. The topological polar surface area (TPSA) is 17.1 Å². The van der Waals surface area contributed by atoms with Crippen LogP contribution in [0.1, 0.15) is 18.9 Å². The Morgan fingerprint density at radius 2 is 1.93 bits per heavy atom. The average Bonchev–Trinajstić information content (AvgIpc) is 2.47. The van der Waals surface area contributed by atoms with Crippen LogP contribution >= 0.6 is 11.6 Å². The second-order valence-corrected chi connectivity index (χ2v) is 4.03. The highest BCUT2D eigenvalue weighted by Gasteiger charge is 2.28. The fourth-order valence-electron chi connectivity index (χ4n) is 1.78. The molecular weight excluding hydrogens is 196 g/mol. The van der Waals surface area contributed by atoms with Crippen molar-refractivity contribution in [1.82, 2.24) is 0 Å². The molecule has 0 radical (unpaired) electrons. The number of carbonyl (C=O) groups excluding carboxylic acids is 1. The molecule has 0 aliphatic heterocycles. The summed E-state index contributed by atoms with van der Waals surface area (Å²) >= 11 is 5.91. The molecule has 0 heterocycles. The van der Waals surface area contributed by atoms with Crippen LogP contribution < -0.4 is 0 Å². The lowest BCUT2D eigenvalue weighted by Crippen LogP contribution is -2.06. The van der Waals surface area contributed by atoms with Gasteiger partial charge in [-0.15, -0.1) is 11.6 Å². The standard InChI is InChI=1S/C12H11ClO/c1-8-10(7-11(13)12(8)14)9-5-3-2-4-6-9/h2-6,11H,7H2,1H3. The van der Waals surface area contributed by atoms with E-state index in [1.165, 1.54) is 0 Å². The van der Waals surface area contributed by atoms with Gasteiger partial charge < -0.3 is 0 Å². The summed E-state index contributed by atoms with van der Waals surface area (Å²) in [7, 11) is 0. The number of rotatable bonds is 1. The van der Waals surface area contributed by atoms with E-state index in [4.69, 9.17) is 11.6 Å². The molecule has 1 aliphatic rings. The van der Waals surface area contributed by atoms with Gasteiger partial charge >= 0.3 is 0 Å².